The van der Waals surface area contributed by atoms with Gasteiger partial charge in [0.1, 0.15) is 5.75 Å². The van der Waals surface area contributed by atoms with Crippen LogP contribution in [0.3, 0.4) is 0 Å². The molecule has 2 atom stereocenters. The highest BCUT2D eigenvalue weighted by Gasteiger charge is 2.34. The number of methoxy groups -OCH3 is 1. The molecular weight excluding hydrogens is 294 g/mol. The molecular formula is C17H23N3O3. The largest absolute Gasteiger partial charge is 0.496 e. The van der Waals surface area contributed by atoms with Crippen LogP contribution in [-0.4, -0.2) is 37.0 Å². The molecule has 2 aliphatic rings. The van der Waals surface area contributed by atoms with Crippen molar-refractivity contribution in [1.82, 2.24) is 10.6 Å². The van der Waals surface area contributed by atoms with E-state index in [1.807, 2.05) is 0 Å². The molecule has 1 aromatic rings. The molecule has 2 unspecified atom stereocenters. The van der Waals surface area contributed by atoms with Crippen LogP contribution in [0.1, 0.15) is 43.0 Å². The number of carbonyl (C=O) groups is 2. The maximum absolute atomic E-state index is 12.6. The molecule has 3 N–H and O–H groups in total. The zero-order valence-corrected chi connectivity index (χ0v) is 13.5. The maximum atomic E-state index is 12.6. The molecule has 0 spiro atoms. The van der Waals surface area contributed by atoms with Crippen LogP contribution in [0.5, 0.6) is 5.75 Å². The average molecular weight is 317 g/mol. The number of ether oxygens (including phenoxy) is 1. The van der Waals surface area contributed by atoms with E-state index in [9.17, 15) is 9.59 Å². The molecule has 6 heteroatoms. The molecule has 3 rings (SSSR count). The van der Waals surface area contributed by atoms with Gasteiger partial charge in [-0.2, -0.15) is 0 Å². The lowest BCUT2D eigenvalue weighted by molar-refractivity contribution is -0.114. The fourth-order valence-electron chi connectivity index (χ4n) is 3.60. The first-order valence-corrected chi connectivity index (χ1v) is 8.07. The number of nitrogens with one attached hydrogen (secondary N) is 3. The van der Waals surface area contributed by atoms with Crippen LogP contribution in [0.15, 0.2) is 18.2 Å². The molecule has 2 fully saturated rings. The number of hydrogen-bond acceptors (Lipinski definition) is 4. The van der Waals surface area contributed by atoms with E-state index in [0.29, 0.717) is 29.1 Å². The summed E-state index contributed by atoms with van der Waals surface area (Å²) < 4.78 is 5.31. The van der Waals surface area contributed by atoms with E-state index in [1.54, 1.807) is 18.2 Å². The van der Waals surface area contributed by atoms with Gasteiger partial charge in [0.2, 0.25) is 5.91 Å². The number of anilines is 1. The molecule has 23 heavy (non-hydrogen) atoms. The van der Waals surface area contributed by atoms with Gasteiger partial charge in [-0.05, 0) is 37.8 Å². The lowest BCUT2D eigenvalue weighted by Gasteiger charge is -2.29. The van der Waals surface area contributed by atoms with Crippen molar-refractivity contribution in [3.8, 4) is 5.75 Å². The fourth-order valence-corrected chi connectivity index (χ4v) is 3.60. The Morgan fingerprint density at radius 1 is 1.22 bits per heavy atom. The topological polar surface area (TPSA) is 79.5 Å². The molecule has 2 aliphatic heterocycles. The van der Waals surface area contributed by atoms with Gasteiger partial charge in [-0.25, -0.2) is 0 Å². The van der Waals surface area contributed by atoms with Gasteiger partial charge < -0.3 is 20.7 Å². The van der Waals surface area contributed by atoms with E-state index < -0.39 is 0 Å². The molecule has 6 nitrogen and oxygen atoms in total. The van der Waals surface area contributed by atoms with Crippen LogP contribution >= 0.6 is 0 Å². The highest BCUT2D eigenvalue weighted by Crippen LogP contribution is 2.28. The Hall–Kier alpha value is -2.08. The van der Waals surface area contributed by atoms with E-state index in [1.165, 1.54) is 26.9 Å². The lowest BCUT2D eigenvalue weighted by atomic mass is 9.99. The van der Waals surface area contributed by atoms with Crippen LogP contribution in [0, 0.1) is 0 Å². The zero-order valence-electron chi connectivity index (χ0n) is 13.5. The Labute approximate surface area is 136 Å². The Morgan fingerprint density at radius 3 is 2.52 bits per heavy atom. The van der Waals surface area contributed by atoms with Crippen molar-refractivity contribution in [2.24, 2.45) is 0 Å². The first-order valence-electron chi connectivity index (χ1n) is 8.07. The number of piperidine rings is 1. The van der Waals surface area contributed by atoms with Crippen LogP contribution in [0.25, 0.3) is 0 Å². The summed E-state index contributed by atoms with van der Waals surface area (Å²) in [4.78, 5) is 23.7. The number of amides is 2. The van der Waals surface area contributed by atoms with Crippen molar-refractivity contribution < 1.29 is 14.3 Å². The minimum absolute atomic E-state index is 0.123. The van der Waals surface area contributed by atoms with Crippen LogP contribution in [0.2, 0.25) is 0 Å². The fraction of sp³-hybridized carbons (Fsp3) is 0.529. The van der Waals surface area contributed by atoms with Crippen LogP contribution in [-0.2, 0) is 4.79 Å². The third-order valence-corrected chi connectivity index (χ3v) is 4.57. The Kier molecular flexibility index (Phi) is 4.52. The molecule has 0 aliphatic carbocycles. The smallest absolute Gasteiger partial charge is 0.255 e. The van der Waals surface area contributed by atoms with Gasteiger partial charge in [-0.1, -0.05) is 0 Å². The molecule has 2 heterocycles. The molecule has 1 aromatic carbocycles. The van der Waals surface area contributed by atoms with Gasteiger partial charge in [0.25, 0.3) is 5.91 Å². The van der Waals surface area contributed by atoms with Crippen molar-refractivity contribution in [1.29, 1.82) is 0 Å². The van der Waals surface area contributed by atoms with Crippen molar-refractivity contribution in [2.45, 2.75) is 50.7 Å². The van der Waals surface area contributed by atoms with Gasteiger partial charge in [-0.3, -0.25) is 9.59 Å². The average Bonchev–Trinajstić information content (AvgIpc) is 2.85. The molecule has 124 valence electrons. The Morgan fingerprint density at radius 2 is 1.91 bits per heavy atom. The summed E-state index contributed by atoms with van der Waals surface area (Å²) in [5, 5.41) is 9.38. The number of hydrogen-bond donors (Lipinski definition) is 3. The second kappa shape index (κ2) is 6.58. The van der Waals surface area contributed by atoms with E-state index >= 15 is 0 Å². The SMILES string of the molecule is COc1cc(NC(C)=O)ccc1C(=O)NC1CC2CCC(C1)N2. The molecule has 2 amide bonds. The predicted octanol–water partition coefficient (Wildman–Crippen LogP) is 1.67. The van der Waals surface area contributed by atoms with Crippen LogP contribution in [0.4, 0.5) is 5.69 Å². The minimum atomic E-state index is -0.158. The highest BCUT2D eigenvalue weighted by molar-refractivity contribution is 5.98. The second-order valence-corrected chi connectivity index (χ2v) is 6.38. The Bertz CT molecular complexity index is 605. The summed E-state index contributed by atoms with van der Waals surface area (Å²) in [6, 6.07) is 6.34. The summed E-state index contributed by atoms with van der Waals surface area (Å²) in [6.07, 6.45) is 4.36. The van der Waals surface area contributed by atoms with E-state index in [-0.39, 0.29) is 17.9 Å². The van der Waals surface area contributed by atoms with Crippen molar-refractivity contribution in [3.63, 3.8) is 0 Å². The molecule has 0 aromatic heterocycles. The van der Waals surface area contributed by atoms with Gasteiger partial charge in [-0.15, -0.1) is 0 Å². The lowest BCUT2D eigenvalue weighted by Crippen LogP contribution is -2.48. The summed E-state index contributed by atoms with van der Waals surface area (Å²) in [7, 11) is 1.52. The normalized spacial score (nSPS) is 25.7. The summed E-state index contributed by atoms with van der Waals surface area (Å²) in [5.41, 5.74) is 1.11. The summed E-state index contributed by atoms with van der Waals surface area (Å²) in [5.74, 6) is 0.183. The Balaban J connectivity index is 1.70. The van der Waals surface area contributed by atoms with Gasteiger partial charge >= 0.3 is 0 Å². The zero-order chi connectivity index (χ0) is 16.4. The van der Waals surface area contributed by atoms with Crippen molar-refractivity contribution in [3.05, 3.63) is 23.8 Å². The maximum Gasteiger partial charge on any atom is 0.255 e. The summed E-state index contributed by atoms with van der Waals surface area (Å²) in [6.45, 7) is 1.44. The standard InChI is InChI=1S/C17H23N3O3/c1-10(21)18-13-5-6-15(16(9-13)23-2)17(22)20-14-7-11-3-4-12(8-14)19-11/h5-6,9,11-12,14,19H,3-4,7-8H2,1-2H3,(H,18,21)(H,20,22). The van der Waals surface area contributed by atoms with E-state index in [0.717, 1.165) is 12.8 Å². The van der Waals surface area contributed by atoms with Gasteiger partial charge in [0.15, 0.2) is 0 Å². The number of benzene rings is 1. The molecule has 2 saturated heterocycles. The second-order valence-electron chi connectivity index (χ2n) is 6.38. The first kappa shape index (κ1) is 15.8. The van der Waals surface area contributed by atoms with Crippen molar-refractivity contribution in [2.75, 3.05) is 12.4 Å². The third kappa shape index (κ3) is 3.64. The summed E-state index contributed by atoms with van der Waals surface area (Å²) >= 11 is 0. The van der Waals surface area contributed by atoms with Gasteiger partial charge in [0.05, 0.1) is 12.7 Å². The quantitative estimate of drug-likeness (QED) is 0.789. The van der Waals surface area contributed by atoms with Crippen LogP contribution < -0.4 is 20.7 Å². The number of rotatable bonds is 4. The first-order chi connectivity index (χ1) is 11.0. The molecule has 0 saturated carbocycles. The van der Waals surface area contributed by atoms with E-state index in [2.05, 4.69) is 16.0 Å². The third-order valence-electron chi connectivity index (χ3n) is 4.57. The monoisotopic (exact) mass is 317 g/mol. The van der Waals surface area contributed by atoms with Crippen molar-refractivity contribution >= 4 is 17.5 Å². The van der Waals surface area contributed by atoms with E-state index in [4.69, 9.17) is 4.74 Å². The highest BCUT2D eigenvalue weighted by atomic mass is 16.5. The number of carbonyl (C=O) groups excluding carboxylic acids is 2. The minimum Gasteiger partial charge on any atom is -0.496 e. The molecule has 2 bridgehead atoms. The van der Waals surface area contributed by atoms with Gasteiger partial charge in [0, 0.05) is 36.8 Å². The molecule has 0 radical (unpaired) electrons. The predicted molar refractivity (Wildman–Crippen MR) is 87.7 cm³/mol. The number of fused-ring (bicyclic) bond motifs is 2.